The summed E-state index contributed by atoms with van der Waals surface area (Å²) >= 11 is 0. The van der Waals surface area contributed by atoms with E-state index in [-0.39, 0.29) is 18.2 Å². The van der Waals surface area contributed by atoms with Crippen molar-refractivity contribution in [2.75, 3.05) is 6.54 Å². The van der Waals surface area contributed by atoms with Gasteiger partial charge >= 0.3 is 0 Å². The van der Waals surface area contributed by atoms with E-state index in [1.807, 2.05) is 0 Å². The molecule has 2 heterocycles. The highest BCUT2D eigenvalue weighted by Crippen LogP contribution is 2.07. The predicted molar refractivity (Wildman–Crippen MR) is 85.8 cm³/mol. The number of nitrogens with one attached hydrogen (secondary N) is 4. The van der Waals surface area contributed by atoms with Crippen molar-refractivity contribution in [1.29, 1.82) is 0 Å². The van der Waals surface area contributed by atoms with Crippen LogP contribution in [0, 0.1) is 5.92 Å². The Morgan fingerprint density at radius 2 is 2.08 bits per heavy atom. The van der Waals surface area contributed by atoms with E-state index in [9.17, 15) is 19.2 Å². The third-order valence-corrected chi connectivity index (χ3v) is 3.87. The summed E-state index contributed by atoms with van der Waals surface area (Å²) in [5, 5.41) is 7.70. The molecule has 0 bridgehead atoms. The molecule has 4 N–H and O–H groups in total. The summed E-state index contributed by atoms with van der Waals surface area (Å²) in [6, 6.07) is 0.173. The molecule has 2 rings (SSSR count). The molecule has 1 aliphatic heterocycles. The SMILES string of the molecule is CC(C)C(NC(=O)Cc1cc[nH]c1)C(=O)NC1CCNC(=O)C1=O. The molecule has 130 valence electrons. The number of carbonyl (C=O) groups excluding carboxylic acids is 4. The normalized spacial score (nSPS) is 18.9. The van der Waals surface area contributed by atoms with Gasteiger partial charge < -0.3 is 20.9 Å². The Balaban J connectivity index is 1.96. The number of ketones is 1. The Morgan fingerprint density at radius 3 is 2.71 bits per heavy atom. The van der Waals surface area contributed by atoms with Gasteiger partial charge in [-0.3, -0.25) is 19.2 Å². The van der Waals surface area contributed by atoms with E-state index in [4.69, 9.17) is 0 Å². The van der Waals surface area contributed by atoms with Crippen LogP contribution in [0.5, 0.6) is 0 Å². The van der Waals surface area contributed by atoms with Crippen molar-refractivity contribution in [3.63, 3.8) is 0 Å². The summed E-state index contributed by atoms with van der Waals surface area (Å²) in [7, 11) is 0. The maximum Gasteiger partial charge on any atom is 0.289 e. The predicted octanol–water partition coefficient (Wildman–Crippen LogP) is -0.728. The molecule has 1 aliphatic rings. The number of Topliss-reactive ketones (excluding diaryl/α,β-unsaturated/α-hetero) is 1. The largest absolute Gasteiger partial charge is 0.367 e. The van der Waals surface area contributed by atoms with Crippen LogP contribution in [0.2, 0.25) is 0 Å². The fraction of sp³-hybridized carbons (Fsp3) is 0.500. The second-order valence-corrected chi connectivity index (χ2v) is 6.16. The molecule has 1 fully saturated rings. The van der Waals surface area contributed by atoms with Crippen molar-refractivity contribution >= 4 is 23.5 Å². The minimum atomic E-state index is -0.839. The number of amides is 3. The van der Waals surface area contributed by atoms with Crippen LogP contribution in [-0.2, 0) is 25.6 Å². The summed E-state index contributed by atoms with van der Waals surface area (Å²) in [4.78, 5) is 50.5. The van der Waals surface area contributed by atoms with Gasteiger partial charge in [0.25, 0.3) is 5.91 Å². The third-order valence-electron chi connectivity index (χ3n) is 3.87. The smallest absolute Gasteiger partial charge is 0.289 e. The first-order valence-electron chi connectivity index (χ1n) is 7.92. The van der Waals surface area contributed by atoms with Crippen LogP contribution in [-0.4, -0.2) is 47.1 Å². The van der Waals surface area contributed by atoms with Gasteiger partial charge in [-0.1, -0.05) is 13.8 Å². The summed E-state index contributed by atoms with van der Waals surface area (Å²) in [6.45, 7) is 3.94. The number of carbonyl (C=O) groups is 4. The summed E-state index contributed by atoms with van der Waals surface area (Å²) in [6.07, 6.45) is 3.93. The topological polar surface area (TPSA) is 120 Å². The minimum Gasteiger partial charge on any atom is -0.367 e. The minimum absolute atomic E-state index is 0.158. The van der Waals surface area contributed by atoms with Gasteiger partial charge in [0.15, 0.2) is 0 Å². The lowest BCUT2D eigenvalue weighted by molar-refractivity contribution is -0.142. The Hall–Kier alpha value is -2.64. The number of hydrogen-bond donors (Lipinski definition) is 4. The highest BCUT2D eigenvalue weighted by atomic mass is 16.2. The van der Waals surface area contributed by atoms with Crippen LogP contribution in [0.15, 0.2) is 18.5 Å². The van der Waals surface area contributed by atoms with Crippen molar-refractivity contribution in [3.05, 3.63) is 24.0 Å². The number of aromatic amines is 1. The third kappa shape index (κ3) is 4.43. The fourth-order valence-electron chi connectivity index (χ4n) is 2.52. The average Bonchev–Trinajstić information content (AvgIpc) is 3.02. The molecule has 2 unspecified atom stereocenters. The zero-order valence-corrected chi connectivity index (χ0v) is 13.7. The molecule has 0 aliphatic carbocycles. The van der Waals surface area contributed by atoms with Gasteiger partial charge in [-0.2, -0.15) is 0 Å². The lowest BCUT2D eigenvalue weighted by atomic mass is 10.00. The monoisotopic (exact) mass is 334 g/mol. The van der Waals surface area contributed by atoms with Gasteiger partial charge in [0.05, 0.1) is 12.5 Å². The highest BCUT2D eigenvalue weighted by Gasteiger charge is 2.33. The zero-order valence-electron chi connectivity index (χ0n) is 13.7. The van der Waals surface area contributed by atoms with Crippen LogP contribution < -0.4 is 16.0 Å². The van der Waals surface area contributed by atoms with Crippen molar-refractivity contribution in [1.82, 2.24) is 20.9 Å². The van der Waals surface area contributed by atoms with Crippen LogP contribution in [0.3, 0.4) is 0 Å². The molecule has 0 saturated carbocycles. The number of H-pyrrole nitrogens is 1. The summed E-state index contributed by atoms with van der Waals surface area (Å²) in [5.74, 6) is -2.25. The van der Waals surface area contributed by atoms with Gasteiger partial charge in [-0.15, -0.1) is 0 Å². The maximum atomic E-state index is 12.4. The Bertz CT molecular complexity index is 624. The van der Waals surface area contributed by atoms with E-state index in [1.54, 1.807) is 32.3 Å². The van der Waals surface area contributed by atoms with E-state index >= 15 is 0 Å². The molecule has 8 nitrogen and oxygen atoms in total. The van der Waals surface area contributed by atoms with Crippen LogP contribution >= 0.6 is 0 Å². The molecule has 1 saturated heterocycles. The first-order valence-corrected chi connectivity index (χ1v) is 7.92. The molecule has 8 heteroatoms. The zero-order chi connectivity index (χ0) is 17.7. The molecule has 0 aromatic carbocycles. The molecule has 3 amide bonds. The van der Waals surface area contributed by atoms with E-state index in [1.165, 1.54) is 0 Å². The van der Waals surface area contributed by atoms with Gasteiger partial charge in [0, 0.05) is 18.9 Å². The molecule has 1 aromatic heterocycles. The van der Waals surface area contributed by atoms with Gasteiger partial charge in [0.1, 0.15) is 6.04 Å². The maximum absolute atomic E-state index is 12.4. The molecule has 1 aromatic rings. The average molecular weight is 334 g/mol. The molecule has 0 spiro atoms. The quantitative estimate of drug-likeness (QED) is 0.513. The van der Waals surface area contributed by atoms with Crippen molar-refractivity contribution in [2.45, 2.75) is 38.8 Å². The van der Waals surface area contributed by atoms with Crippen LogP contribution in [0.25, 0.3) is 0 Å². The molecule has 24 heavy (non-hydrogen) atoms. The fourth-order valence-corrected chi connectivity index (χ4v) is 2.52. The number of rotatable bonds is 6. The van der Waals surface area contributed by atoms with Gasteiger partial charge in [0.2, 0.25) is 17.6 Å². The second-order valence-electron chi connectivity index (χ2n) is 6.16. The lowest BCUT2D eigenvalue weighted by Crippen LogP contribution is -2.58. The standard InChI is InChI=1S/C16H22N4O4/c1-9(2)13(20-12(21)7-10-3-5-17-8-10)15(23)19-11-4-6-18-16(24)14(11)22/h3,5,8-9,11,13,17H,4,6-7H2,1-2H3,(H,18,24)(H,19,23)(H,20,21). The van der Waals surface area contributed by atoms with Crippen molar-refractivity contribution < 1.29 is 19.2 Å². The Kier molecular flexibility index (Phi) is 5.73. The summed E-state index contributed by atoms with van der Waals surface area (Å²) in [5.41, 5.74) is 0.814. The number of hydrogen-bond acceptors (Lipinski definition) is 4. The van der Waals surface area contributed by atoms with Gasteiger partial charge in [-0.05, 0) is 24.0 Å². The number of aromatic nitrogens is 1. The molecule has 2 atom stereocenters. The van der Waals surface area contributed by atoms with Crippen molar-refractivity contribution in [2.24, 2.45) is 5.92 Å². The van der Waals surface area contributed by atoms with Gasteiger partial charge in [-0.25, -0.2) is 0 Å². The van der Waals surface area contributed by atoms with Crippen molar-refractivity contribution in [3.8, 4) is 0 Å². The Labute approximate surface area is 139 Å². The molecular formula is C16H22N4O4. The highest BCUT2D eigenvalue weighted by molar-refractivity contribution is 6.39. The first-order chi connectivity index (χ1) is 11.4. The Morgan fingerprint density at radius 1 is 1.33 bits per heavy atom. The first kappa shape index (κ1) is 17.7. The van der Waals surface area contributed by atoms with E-state index in [0.717, 1.165) is 5.56 Å². The van der Waals surface area contributed by atoms with E-state index in [0.29, 0.717) is 13.0 Å². The summed E-state index contributed by atoms with van der Waals surface area (Å²) < 4.78 is 0. The molecule has 0 radical (unpaired) electrons. The second kappa shape index (κ2) is 7.76. The van der Waals surface area contributed by atoms with Crippen LogP contribution in [0.1, 0.15) is 25.8 Å². The molecular weight excluding hydrogens is 312 g/mol. The lowest BCUT2D eigenvalue weighted by Gasteiger charge is -2.26. The number of piperidine rings is 1. The van der Waals surface area contributed by atoms with E-state index in [2.05, 4.69) is 20.9 Å². The van der Waals surface area contributed by atoms with E-state index < -0.39 is 29.7 Å². The van der Waals surface area contributed by atoms with Crippen LogP contribution in [0.4, 0.5) is 0 Å².